The van der Waals surface area contributed by atoms with E-state index in [0.717, 1.165) is 16.1 Å². The topological polar surface area (TPSA) is 105 Å². The van der Waals surface area contributed by atoms with E-state index >= 15 is 0 Å². The Bertz CT molecular complexity index is 1150. The summed E-state index contributed by atoms with van der Waals surface area (Å²) in [4.78, 5) is 27.8. The molecule has 198 valence electrons. The van der Waals surface area contributed by atoms with Gasteiger partial charge >= 0.3 is 0 Å². The van der Waals surface area contributed by atoms with Gasteiger partial charge in [-0.25, -0.2) is 8.42 Å². The van der Waals surface area contributed by atoms with Crippen LogP contribution in [0.1, 0.15) is 26.3 Å². The Morgan fingerprint density at radius 3 is 2.17 bits per heavy atom. The second-order valence-electron chi connectivity index (χ2n) is 8.77. The molecule has 9 nitrogen and oxygen atoms in total. The zero-order chi connectivity index (χ0) is 27.0. The van der Waals surface area contributed by atoms with Crippen LogP contribution in [0.5, 0.6) is 11.5 Å². The van der Waals surface area contributed by atoms with Crippen LogP contribution in [0.25, 0.3) is 0 Å². The van der Waals surface area contributed by atoms with Crippen molar-refractivity contribution in [1.29, 1.82) is 0 Å². The van der Waals surface area contributed by atoms with Crippen LogP contribution in [-0.4, -0.2) is 64.7 Å². The van der Waals surface area contributed by atoms with Crippen molar-refractivity contribution in [2.24, 2.45) is 5.92 Å². The molecule has 11 heteroatoms. The molecule has 36 heavy (non-hydrogen) atoms. The molecule has 0 saturated heterocycles. The quantitative estimate of drug-likeness (QED) is 0.443. The highest BCUT2D eigenvalue weighted by molar-refractivity contribution is 7.92. The van der Waals surface area contributed by atoms with Gasteiger partial charge in [0, 0.05) is 13.1 Å². The molecule has 2 aromatic carbocycles. The van der Waals surface area contributed by atoms with Gasteiger partial charge in [0.05, 0.1) is 31.2 Å². The highest BCUT2D eigenvalue weighted by atomic mass is 35.5. The summed E-state index contributed by atoms with van der Waals surface area (Å²) in [6.45, 7) is 5.59. The van der Waals surface area contributed by atoms with E-state index in [2.05, 4.69) is 5.32 Å². The van der Waals surface area contributed by atoms with E-state index in [0.29, 0.717) is 18.0 Å². The number of hydrogen-bond donors (Lipinski definition) is 1. The van der Waals surface area contributed by atoms with Crippen molar-refractivity contribution < 1.29 is 27.5 Å². The number of ether oxygens (including phenoxy) is 2. The third kappa shape index (κ3) is 8.03. The fourth-order valence-corrected chi connectivity index (χ4v) is 4.48. The van der Waals surface area contributed by atoms with Crippen LogP contribution in [0.2, 0.25) is 5.02 Å². The lowest BCUT2D eigenvalue weighted by atomic mass is 10.1. The van der Waals surface area contributed by atoms with Gasteiger partial charge in [-0.3, -0.25) is 13.9 Å². The zero-order valence-corrected chi connectivity index (χ0v) is 23.0. The van der Waals surface area contributed by atoms with E-state index in [1.165, 1.54) is 30.2 Å². The number of halogens is 1. The second-order valence-corrected chi connectivity index (χ2v) is 11.1. The van der Waals surface area contributed by atoms with Gasteiger partial charge in [0.25, 0.3) is 0 Å². The lowest BCUT2D eigenvalue weighted by Crippen LogP contribution is -2.51. The average Bonchev–Trinajstić information content (AvgIpc) is 2.83. The van der Waals surface area contributed by atoms with Crippen molar-refractivity contribution in [3.63, 3.8) is 0 Å². The fraction of sp³-hybridized carbons (Fsp3) is 0.440. The number of amides is 2. The van der Waals surface area contributed by atoms with Crippen LogP contribution in [0.4, 0.5) is 5.69 Å². The fourth-order valence-electron chi connectivity index (χ4n) is 3.39. The summed E-state index contributed by atoms with van der Waals surface area (Å²) in [7, 11) is -0.864. The van der Waals surface area contributed by atoms with Gasteiger partial charge in [0.2, 0.25) is 21.8 Å². The van der Waals surface area contributed by atoms with Gasteiger partial charge in [-0.15, -0.1) is 0 Å². The van der Waals surface area contributed by atoms with Crippen molar-refractivity contribution in [2.75, 3.05) is 37.9 Å². The summed E-state index contributed by atoms with van der Waals surface area (Å²) in [6, 6.07) is 10.7. The number of carbonyl (C=O) groups excluding carboxylic acids is 2. The first-order valence-electron chi connectivity index (χ1n) is 11.4. The molecular formula is C25H34ClN3O6S. The van der Waals surface area contributed by atoms with Crippen molar-refractivity contribution >= 4 is 39.1 Å². The summed E-state index contributed by atoms with van der Waals surface area (Å²) in [6.07, 6.45) is 1.00. The number of nitrogens with zero attached hydrogens (tertiary/aromatic N) is 2. The summed E-state index contributed by atoms with van der Waals surface area (Å²) in [5.74, 6) is 0.377. The number of benzene rings is 2. The number of nitrogens with one attached hydrogen (secondary N) is 1. The molecule has 0 aliphatic heterocycles. The van der Waals surface area contributed by atoms with Gasteiger partial charge in [-0.1, -0.05) is 37.6 Å². The molecule has 0 aliphatic carbocycles. The molecular weight excluding hydrogens is 506 g/mol. The Balaban J connectivity index is 2.39. The van der Waals surface area contributed by atoms with Crippen molar-refractivity contribution in [3.05, 3.63) is 53.1 Å². The summed E-state index contributed by atoms with van der Waals surface area (Å²) in [5, 5.41) is 3.04. The molecule has 0 aliphatic rings. The van der Waals surface area contributed by atoms with E-state index in [1.807, 2.05) is 13.8 Å². The molecule has 0 saturated carbocycles. The van der Waals surface area contributed by atoms with Crippen molar-refractivity contribution in [1.82, 2.24) is 10.2 Å². The van der Waals surface area contributed by atoms with Crippen LogP contribution in [0.3, 0.4) is 0 Å². The maximum Gasteiger partial charge on any atom is 0.244 e. The number of anilines is 1. The number of hydrogen-bond acceptors (Lipinski definition) is 6. The molecule has 0 fully saturated rings. The molecule has 1 atom stereocenters. The Labute approximate surface area is 218 Å². The number of carbonyl (C=O) groups is 2. The predicted molar refractivity (Wildman–Crippen MR) is 141 cm³/mol. The Kier molecular flexibility index (Phi) is 10.4. The highest BCUT2D eigenvalue weighted by Crippen LogP contribution is 2.30. The van der Waals surface area contributed by atoms with Gasteiger partial charge in [-0.2, -0.15) is 0 Å². The monoisotopic (exact) mass is 539 g/mol. The van der Waals surface area contributed by atoms with Gasteiger partial charge in [0.15, 0.2) is 0 Å². The molecule has 1 unspecified atom stereocenters. The van der Waals surface area contributed by atoms with Crippen molar-refractivity contribution in [2.45, 2.75) is 33.4 Å². The standard InChI is InChI=1S/C25H34ClN3O6S/c1-17(2)14-27-25(31)18(3)28(15-19-7-10-21(34-4)11-8-19)24(30)16-29(36(6,32)33)20-9-12-23(35-5)22(26)13-20/h7-13,17-18H,14-16H2,1-6H3,(H,27,31). The summed E-state index contributed by atoms with van der Waals surface area (Å²) in [5.41, 5.74) is 0.962. The maximum absolute atomic E-state index is 13.6. The van der Waals surface area contributed by atoms with E-state index in [9.17, 15) is 18.0 Å². The first kappa shape index (κ1) is 29.3. The number of rotatable bonds is 12. The minimum Gasteiger partial charge on any atom is -0.497 e. The first-order chi connectivity index (χ1) is 16.9. The minimum absolute atomic E-state index is 0.0973. The van der Waals surface area contributed by atoms with Crippen molar-refractivity contribution in [3.8, 4) is 11.5 Å². The largest absolute Gasteiger partial charge is 0.497 e. The molecule has 0 aromatic heterocycles. The van der Waals surface area contributed by atoms with E-state index in [1.54, 1.807) is 38.3 Å². The predicted octanol–water partition coefficient (Wildman–Crippen LogP) is 3.31. The Hall–Kier alpha value is -2.98. The average molecular weight is 540 g/mol. The normalized spacial score (nSPS) is 12.1. The lowest BCUT2D eigenvalue weighted by Gasteiger charge is -2.31. The second kappa shape index (κ2) is 12.8. The summed E-state index contributed by atoms with van der Waals surface area (Å²) < 4.78 is 36.6. The molecule has 0 spiro atoms. The van der Waals surface area contributed by atoms with Gasteiger partial charge in [-0.05, 0) is 48.7 Å². The minimum atomic E-state index is -3.86. The molecule has 2 aromatic rings. The molecule has 2 amide bonds. The van der Waals surface area contributed by atoms with Gasteiger partial charge < -0.3 is 19.7 Å². The molecule has 2 rings (SSSR count). The SMILES string of the molecule is COc1ccc(CN(C(=O)CN(c2ccc(OC)c(Cl)c2)S(C)(=O)=O)C(C)C(=O)NCC(C)C)cc1. The highest BCUT2D eigenvalue weighted by Gasteiger charge is 2.30. The Morgan fingerprint density at radius 1 is 1.03 bits per heavy atom. The van der Waals surface area contributed by atoms with E-state index < -0.39 is 28.5 Å². The summed E-state index contributed by atoms with van der Waals surface area (Å²) >= 11 is 6.20. The van der Waals surface area contributed by atoms with Crippen LogP contribution in [0, 0.1) is 5.92 Å². The molecule has 0 radical (unpaired) electrons. The number of methoxy groups -OCH3 is 2. The molecule has 0 bridgehead atoms. The van der Waals surface area contributed by atoms with E-state index in [4.69, 9.17) is 21.1 Å². The van der Waals surface area contributed by atoms with Crippen LogP contribution >= 0.6 is 11.6 Å². The Morgan fingerprint density at radius 2 is 1.67 bits per heavy atom. The van der Waals surface area contributed by atoms with Crippen LogP contribution in [-0.2, 0) is 26.2 Å². The third-order valence-corrected chi connectivity index (χ3v) is 6.90. The molecule has 1 N–H and O–H groups in total. The first-order valence-corrected chi connectivity index (χ1v) is 13.6. The maximum atomic E-state index is 13.6. The third-order valence-electron chi connectivity index (χ3n) is 5.47. The van der Waals surface area contributed by atoms with Crippen LogP contribution in [0.15, 0.2) is 42.5 Å². The smallest absolute Gasteiger partial charge is 0.244 e. The van der Waals surface area contributed by atoms with E-state index in [-0.39, 0.29) is 29.1 Å². The molecule has 0 heterocycles. The van der Waals surface area contributed by atoms with Gasteiger partial charge in [0.1, 0.15) is 24.1 Å². The van der Waals surface area contributed by atoms with Crippen LogP contribution < -0.4 is 19.1 Å². The number of sulfonamides is 1. The lowest BCUT2D eigenvalue weighted by molar-refractivity contribution is -0.139. The zero-order valence-electron chi connectivity index (χ0n) is 21.4.